The van der Waals surface area contributed by atoms with Crippen LogP contribution >= 0.6 is 0 Å². The second kappa shape index (κ2) is 10.8. The number of ketones is 1. The Hall–Kier alpha value is -4.27. The van der Waals surface area contributed by atoms with Gasteiger partial charge in [-0.3, -0.25) is 14.5 Å². The van der Waals surface area contributed by atoms with Crippen molar-refractivity contribution in [2.45, 2.75) is 40.1 Å². The van der Waals surface area contributed by atoms with Gasteiger partial charge in [0, 0.05) is 11.3 Å². The molecule has 3 aromatic rings. The summed E-state index contributed by atoms with van der Waals surface area (Å²) in [6.07, 6.45) is -4.87. The minimum absolute atomic E-state index is 0.128. The number of amides is 1. The molecule has 1 heterocycles. The second-order valence-electron chi connectivity index (χ2n) is 9.81. The van der Waals surface area contributed by atoms with Crippen LogP contribution in [0.3, 0.4) is 0 Å². The van der Waals surface area contributed by atoms with Gasteiger partial charge in [0.2, 0.25) is 0 Å². The van der Waals surface area contributed by atoms with E-state index in [2.05, 4.69) is 4.74 Å². The number of nitrogens with zero attached hydrogens (tertiary/aromatic N) is 1. The molecule has 4 rings (SSSR count). The van der Waals surface area contributed by atoms with Gasteiger partial charge in [0.25, 0.3) is 11.7 Å². The van der Waals surface area contributed by atoms with Crippen LogP contribution < -0.4 is 14.4 Å². The monoisotopic (exact) mass is 539 g/mol. The topological polar surface area (TPSA) is 76.1 Å². The Morgan fingerprint density at radius 1 is 1.00 bits per heavy atom. The molecule has 1 aliphatic heterocycles. The highest BCUT2D eigenvalue weighted by Crippen LogP contribution is 2.43. The molecule has 0 aliphatic carbocycles. The fourth-order valence-corrected chi connectivity index (χ4v) is 4.43. The van der Waals surface area contributed by atoms with Crippen molar-refractivity contribution >= 4 is 23.1 Å². The summed E-state index contributed by atoms with van der Waals surface area (Å²) in [5.41, 5.74) is 2.52. The first-order valence-corrected chi connectivity index (χ1v) is 12.3. The number of aliphatic hydroxyl groups is 1. The van der Waals surface area contributed by atoms with E-state index in [9.17, 15) is 27.9 Å². The third kappa shape index (κ3) is 6.08. The van der Waals surface area contributed by atoms with Gasteiger partial charge >= 0.3 is 6.36 Å². The van der Waals surface area contributed by atoms with Crippen molar-refractivity contribution in [1.29, 1.82) is 0 Å². The summed E-state index contributed by atoms with van der Waals surface area (Å²) in [6.45, 7) is 8.22. The highest BCUT2D eigenvalue weighted by molar-refractivity contribution is 6.51. The largest absolute Gasteiger partial charge is 0.573 e. The number of Topliss-reactive ketones (excluding diaryl/α,β-unsaturated/α-hetero) is 1. The lowest BCUT2D eigenvalue weighted by molar-refractivity contribution is -0.274. The third-order valence-electron chi connectivity index (χ3n) is 6.17. The normalized spacial score (nSPS) is 17.1. The Bertz CT molecular complexity index is 1430. The molecule has 204 valence electrons. The number of ether oxygens (including phenoxy) is 2. The van der Waals surface area contributed by atoms with Gasteiger partial charge in [0.15, 0.2) is 0 Å². The zero-order chi connectivity index (χ0) is 28.5. The maximum Gasteiger partial charge on any atom is 0.573 e. The minimum Gasteiger partial charge on any atom is -0.507 e. The summed E-state index contributed by atoms with van der Waals surface area (Å²) in [6, 6.07) is 15.7. The van der Waals surface area contributed by atoms with Crippen LogP contribution in [0.15, 0.2) is 72.3 Å². The smallest absolute Gasteiger partial charge is 0.507 e. The summed E-state index contributed by atoms with van der Waals surface area (Å²) < 4.78 is 47.7. The van der Waals surface area contributed by atoms with Crippen molar-refractivity contribution in [1.82, 2.24) is 0 Å². The predicted molar refractivity (Wildman–Crippen MR) is 141 cm³/mol. The first kappa shape index (κ1) is 27.8. The zero-order valence-electron chi connectivity index (χ0n) is 21.9. The highest BCUT2D eigenvalue weighted by Gasteiger charge is 2.47. The lowest BCUT2D eigenvalue weighted by Crippen LogP contribution is -2.29. The number of carbonyl (C=O) groups excluding carboxylic acids is 2. The molecule has 0 saturated carbocycles. The van der Waals surface area contributed by atoms with Crippen LogP contribution in [0.1, 0.15) is 42.1 Å². The van der Waals surface area contributed by atoms with Crippen molar-refractivity contribution in [3.05, 3.63) is 94.6 Å². The summed E-state index contributed by atoms with van der Waals surface area (Å²) in [5.74, 6) is -1.70. The van der Waals surface area contributed by atoms with E-state index in [0.29, 0.717) is 29.4 Å². The van der Waals surface area contributed by atoms with E-state index in [-0.39, 0.29) is 17.0 Å². The lowest BCUT2D eigenvalue weighted by atomic mass is 9.94. The lowest BCUT2D eigenvalue weighted by Gasteiger charge is -2.26. The fourth-order valence-electron chi connectivity index (χ4n) is 4.43. The molecule has 6 nitrogen and oxygen atoms in total. The molecule has 39 heavy (non-hydrogen) atoms. The Morgan fingerprint density at radius 3 is 2.28 bits per heavy atom. The highest BCUT2D eigenvalue weighted by atomic mass is 19.4. The maximum absolute atomic E-state index is 13.3. The first-order valence-electron chi connectivity index (χ1n) is 12.3. The molecule has 3 aromatic carbocycles. The molecule has 0 spiro atoms. The summed E-state index contributed by atoms with van der Waals surface area (Å²) in [4.78, 5) is 27.8. The minimum atomic E-state index is -4.87. The number of benzene rings is 3. The summed E-state index contributed by atoms with van der Waals surface area (Å²) >= 11 is 0. The summed E-state index contributed by atoms with van der Waals surface area (Å²) in [5, 5.41) is 11.4. The predicted octanol–water partition coefficient (Wildman–Crippen LogP) is 6.86. The Labute approximate surface area is 224 Å². The average Bonchev–Trinajstić information content (AvgIpc) is 3.12. The van der Waals surface area contributed by atoms with Gasteiger partial charge in [-0.25, -0.2) is 0 Å². The molecule has 1 N–H and O–H groups in total. The van der Waals surface area contributed by atoms with Crippen LogP contribution in [-0.2, 0) is 9.59 Å². The van der Waals surface area contributed by atoms with Crippen molar-refractivity contribution in [3.63, 3.8) is 0 Å². The molecule has 1 aliphatic rings. The van der Waals surface area contributed by atoms with Crippen LogP contribution in [0.4, 0.5) is 18.9 Å². The van der Waals surface area contributed by atoms with E-state index < -0.39 is 29.8 Å². The molecule has 1 amide bonds. The van der Waals surface area contributed by atoms with Gasteiger partial charge in [-0.05, 0) is 73.4 Å². The SMILES string of the molecule is Cc1cccc(C2/C(=C(/O)c3ccc(OCC(C)C)c(C)c3)C(=O)C(=O)N2c2ccc(OC(F)(F)F)cc2)c1. The standard InChI is InChI=1S/C30H28F3NO5/c1-17(2)16-38-24-13-8-21(15-19(24)4)27(35)25-26(20-7-5-6-18(3)14-20)34(29(37)28(25)36)22-9-11-23(12-10-22)39-30(31,32)33/h5-15,17,26,35H,16H2,1-4H3/b27-25-. The van der Waals surface area contributed by atoms with E-state index in [1.807, 2.05) is 33.8 Å². The molecule has 1 fully saturated rings. The van der Waals surface area contributed by atoms with Gasteiger partial charge in [-0.1, -0.05) is 43.7 Å². The van der Waals surface area contributed by atoms with Crippen molar-refractivity contribution in [2.24, 2.45) is 5.92 Å². The fraction of sp³-hybridized carbons (Fsp3) is 0.267. The molecule has 1 atom stereocenters. The summed E-state index contributed by atoms with van der Waals surface area (Å²) in [7, 11) is 0. The molecule has 1 saturated heterocycles. The van der Waals surface area contributed by atoms with Gasteiger partial charge in [-0.15, -0.1) is 13.2 Å². The second-order valence-corrected chi connectivity index (χ2v) is 9.81. The molecular formula is C30H28F3NO5. The third-order valence-corrected chi connectivity index (χ3v) is 6.17. The molecule has 0 aromatic heterocycles. The van der Waals surface area contributed by atoms with Crippen LogP contribution in [0.2, 0.25) is 0 Å². The number of rotatable bonds is 7. The van der Waals surface area contributed by atoms with E-state index in [1.54, 1.807) is 36.4 Å². The van der Waals surface area contributed by atoms with E-state index >= 15 is 0 Å². The average molecular weight is 540 g/mol. The van der Waals surface area contributed by atoms with Crippen LogP contribution in [0, 0.1) is 19.8 Å². The van der Waals surface area contributed by atoms with Gasteiger partial charge in [-0.2, -0.15) is 0 Å². The Kier molecular flexibility index (Phi) is 7.72. The number of hydrogen-bond donors (Lipinski definition) is 1. The van der Waals surface area contributed by atoms with Crippen molar-refractivity contribution < 1.29 is 37.3 Å². The Morgan fingerprint density at radius 2 is 1.69 bits per heavy atom. The van der Waals surface area contributed by atoms with Gasteiger partial charge < -0.3 is 14.6 Å². The number of hydrogen-bond acceptors (Lipinski definition) is 5. The number of anilines is 1. The van der Waals surface area contributed by atoms with Crippen LogP contribution in [0.5, 0.6) is 11.5 Å². The Balaban J connectivity index is 1.81. The quantitative estimate of drug-likeness (QED) is 0.202. The van der Waals surface area contributed by atoms with Crippen LogP contribution in [-0.4, -0.2) is 29.8 Å². The number of aryl methyl sites for hydroxylation is 2. The zero-order valence-corrected chi connectivity index (χ0v) is 21.9. The number of alkyl halides is 3. The van der Waals surface area contributed by atoms with Crippen molar-refractivity contribution in [3.8, 4) is 11.5 Å². The molecule has 0 radical (unpaired) electrons. The first-order chi connectivity index (χ1) is 18.4. The number of halogens is 3. The molecule has 9 heteroatoms. The molecular weight excluding hydrogens is 511 g/mol. The molecule has 1 unspecified atom stereocenters. The number of aliphatic hydroxyl groups excluding tert-OH is 1. The van der Waals surface area contributed by atoms with Crippen LogP contribution in [0.25, 0.3) is 5.76 Å². The number of carbonyl (C=O) groups is 2. The maximum atomic E-state index is 13.3. The molecule has 0 bridgehead atoms. The van der Waals surface area contributed by atoms with E-state index in [4.69, 9.17) is 4.74 Å². The van der Waals surface area contributed by atoms with Gasteiger partial charge in [0.1, 0.15) is 17.3 Å². The van der Waals surface area contributed by atoms with E-state index in [0.717, 1.165) is 23.3 Å². The van der Waals surface area contributed by atoms with Crippen molar-refractivity contribution in [2.75, 3.05) is 11.5 Å². The van der Waals surface area contributed by atoms with Gasteiger partial charge in [0.05, 0.1) is 18.2 Å². The van der Waals surface area contributed by atoms with E-state index in [1.165, 1.54) is 17.0 Å².